The van der Waals surface area contributed by atoms with Crippen LogP contribution in [0.25, 0.3) is 0 Å². The van der Waals surface area contributed by atoms with Gasteiger partial charge >= 0.3 is 5.97 Å². The molecule has 0 aliphatic carbocycles. The summed E-state index contributed by atoms with van der Waals surface area (Å²) < 4.78 is 5.50. The van der Waals surface area contributed by atoms with Gasteiger partial charge in [0.15, 0.2) is 0 Å². The lowest BCUT2D eigenvalue weighted by Crippen LogP contribution is -2.44. The van der Waals surface area contributed by atoms with E-state index in [1.54, 1.807) is 13.0 Å². The van der Waals surface area contributed by atoms with E-state index in [0.717, 1.165) is 12.8 Å². The Bertz CT molecular complexity index is 330. The van der Waals surface area contributed by atoms with E-state index in [2.05, 4.69) is 24.1 Å². The van der Waals surface area contributed by atoms with Crippen molar-refractivity contribution < 1.29 is 9.53 Å². The number of hydrogen-bond donors (Lipinski definition) is 0. The maximum absolute atomic E-state index is 11.6. The molecule has 0 N–H and O–H groups in total. The molecule has 0 spiro atoms. The molecular formula is C13H19NO2. The summed E-state index contributed by atoms with van der Waals surface area (Å²) in [7, 11) is 2.13. The van der Waals surface area contributed by atoms with Gasteiger partial charge in [0.25, 0.3) is 0 Å². The Balaban J connectivity index is 1.93. The number of piperidine rings is 1. The highest BCUT2D eigenvalue weighted by atomic mass is 16.5. The number of allylic oxidation sites excluding steroid dienone is 1. The van der Waals surface area contributed by atoms with Crippen LogP contribution in [0.3, 0.4) is 0 Å². The van der Waals surface area contributed by atoms with Gasteiger partial charge in [-0.2, -0.15) is 0 Å². The summed E-state index contributed by atoms with van der Waals surface area (Å²) in [5, 5.41) is 0. The van der Waals surface area contributed by atoms with Crippen molar-refractivity contribution in [1.29, 1.82) is 0 Å². The van der Waals surface area contributed by atoms with Gasteiger partial charge in [-0.25, -0.2) is 4.79 Å². The van der Waals surface area contributed by atoms with Crippen molar-refractivity contribution in [1.82, 2.24) is 4.90 Å². The van der Waals surface area contributed by atoms with Crippen molar-refractivity contribution in [2.45, 2.75) is 44.9 Å². The maximum atomic E-state index is 11.6. The average Bonchev–Trinajstić information content (AvgIpc) is 2.52. The highest BCUT2D eigenvalue weighted by Crippen LogP contribution is 2.30. The highest BCUT2D eigenvalue weighted by Gasteiger charge is 2.36. The van der Waals surface area contributed by atoms with E-state index in [9.17, 15) is 4.79 Å². The molecule has 0 aromatic heterocycles. The first-order valence-electron chi connectivity index (χ1n) is 5.86. The zero-order chi connectivity index (χ0) is 11.7. The number of hydrogen-bond acceptors (Lipinski definition) is 3. The summed E-state index contributed by atoms with van der Waals surface area (Å²) in [5.41, 5.74) is 0.694. The first-order chi connectivity index (χ1) is 7.61. The van der Waals surface area contributed by atoms with Gasteiger partial charge in [0.1, 0.15) is 6.10 Å². The van der Waals surface area contributed by atoms with Crippen LogP contribution in [-0.4, -0.2) is 36.1 Å². The summed E-state index contributed by atoms with van der Waals surface area (Å²) >= 11 is 0. The van der Waals surface area contributed by atoms with Crippen LogP contribution in [0.2, 0.25) is 0 Å². The lowest BCUT2D eigenvalue weighted by atomic mass is 9.99. The second kappa shape index (κ2) is 4.42. The van der Waals surface area contributed by atoms with Gasteiger partial charge < -0.3 is 4.74 Å². The lowest BCUT2D eigenvalue weighted by molar-refractivity contribution is -0.147. The predicted molar refractivity (Wildman–Crippen MR) is 63.0 cm³/mol. The van der Waals surface area contributed by atoms with Crippen LogP contribution in [0.4, 0.5) is 0 Å². The van der Waals surface area contributed by atoms with Crippen molar-refractivity contribution in [3.8, 4) is 0 Å². The Morgan fingerprint density at radius 2 is 1.94 bits per heavy atom. The van der Waals surface area contributed by atoms with E-state index >= 15 is 0 Å². The lowest BCUT2D eigenvalue weighted by Gasteiger charge is -2.36. The SMILES string of the molecule is C/C=C(\C)C(=O)OC1CC2C=CC(C1)N2C. The van der Waals surface area contributed by atoms with Gasteiger partial charge in [-0.05, 0) is 20.9 Å². The molecule has 2 unspecified atom stereocenters. The summed E-state index contributed by atoms with van der Waals surface area (Å²) in [6.45, 7) is 3.65. The minimum Gasteiger partial charge on any atom is -0.459 e. The van der Waals surface area contributed by atoms with Crippen LogP contribution in [0.5, 0.6) is 0 Å². The standard InChI is InChI=1S/C13H19NO2/c1-4-9(2)13(15)16-12-7-10-5-6-11(8-12)14(10)3/h4-6,10-12H,7-8H2,1-3H3/b9-4+. The molecule has 2 aliphatic heterocycles. The monoisotopic (exact) mass is 221 g/mol. The minimum absolute atomic E-state index is 0.0728. The third-order valence-electron chi connectivity index (χ3n) is 3.64. The first kappa shape index (κ1) is 11.4. The summed E-state index contributed by atoms with van der Waals surface area (Å²) in [4.78, 5) is 14.0. The Morgan fingerprint density at radius 1 is 1.38 bits per heavy atom. The van der Waals surface area contributed by atoms with E-state index in [4.69, 9.17) is 4.74 Å². The molecule has 2 atom stereocenters. The number of likely N-dealkylation sites (N-methyl/N-ethyl adjacent to an activating group) is 1. The maximum Gasteiger partial charge on any atom is 0.333 e. The van der Waals surface area contributed by atoms with E-state index in [1.807, 2.05) is 6.92 Å². The Kier molecular flexibility index (Phi) is 3.15. The molecule has 1 saturated heterocycles. The van der Waals surface area contributed by atoms with Gasteiger partial charge in [-0.15, -0.1) is 0 Å². The molecule has 0 radical (unpaired) electrons. The molecule has 0 amide bonds. The molecule has 2 rings (SSSR count). The Morgan fingerprint density at radius 3 is 2.44 bits per heavy atom. The zero-order valence-corrected chi connectivity index (χ0v) is 10.1. The molecule has 16 heavy (non-hydrogen) atoms. The number of carbonyl (C=O) groups excluding carboxylic acids is 1. The van der Waals surface area contributed by atoms with Gasteiger partial charge in [-0.1, -0.05) is 18.2 Å². The van der Waals surface area contributed by atoms with Gasteiger partial charge in [0.2, 0.25) is 0 Å². The van der Waals surface area contributed by atoms with Crippen molar-refractivity contribution in [2.75, 3.05) is 7.05 Å². The largest absolute Gasteiger partial charge is 0.459 e. The number of ether oxygens (including phenoxy) is 1. The number of rotatable bonds is 2. The topological polar surface area (TPSA) is 29.5 Å². The Hall–Kier alpha value is -1.09. The van der Waals surface area contributed by atoms with Crippen molar-refractivity contribution in [3.63, 3.8) is 0 Å². The normalized spacial score (nSPS) is 34.2. The van der Waals surface area contributed by atoms with Crippen molar-refractivity contribution >= 4 is 5.97 Å². The predicted octanol–water partition coefficient (Wildman–Crippen LogP) is 1.90. The van der Waals surface area contributed by atoms with Crippen LogP contribution in [0, 0.1) is 0 Å². The molecule has 1 fully saturated rings. The second-order valence-corrected chi connectivity index (χ2v) is 4.66. The molecule has 2 bridgehead atoms. The number of nitrogens with zero attached hydrogens (tertiary/aromatic N) is 1. The summed E-state index contributed by atoms with van der Waals surface area (Å²) in [6, 6.07) is 0.893. The number of esters is 1. The fourth-order valence-electron chi connectivity index (χ4n) is 2.36. The molecule has 2 aliphatic rings. The molecule has 88 valence electrons. The third kappa shape index (κ3) is 2.05. The van der Waals surface area contributed by atoms with Gasteiger partial charge in [0, 0.05) is 30.5 Å². The second-order valence-electron chi connectivity index (χ2n) is 4.66. The minimum atomic E-state index is -0.170. The van der Waals surface area contributed by atoms with E-state index in [0.29, 0.717) is 17.7 Å². The van der Waals surface area contributed by atoms with Crippen molar-refractivity contribution in [2.24, 2.45) is 0 Å². The summed E-state index contributed by atoms with van der Waals surface area (Å²) in [5.74, 6) is -0.170. The first-order valence-corrected chi connectivity index (χ1v) is 5.86. The fraction of sp³-hybridized carbons (Fsp3) is 0.615. The van der Waals surface area contributed by atoms with E-state index < -0.39 is 0 Å². The third-order valence-corrected chi connectivity index (χ3v) is 3.64. The molecule has 0 aromatic carbocycles. The fourth-order valence-corrected chi connectivity index (χ4v) is 2.36. The van der Waals surface area contributed by atoms with Gasteiger partial charge in [0.05, 0.1) is 0 Å². The molecule has 3 nitrogen and oxygen atoms in total. The number of fused-ring (bicyclic) bond motifs is 2. The average molecular weight is 221 g/mol. The number of carbonyl (C=O) groups is 1. The summed E-state index contributed by atoms with van der Waals surface area (Å²) in [6.07, 6.45) is 8.16. The smallest absolute Gasteiger partial charge is 0.333 e. The van der Waals surface area contributed by atoms with Gasteiger partial charge in [-0.3, -0.25) is 4.90 Å². The quantitative estimate of drug-likeness (QED) is 0.405. The molecule has 0 aromatic rings. The molecule has 0 saturated carbocycles. The highest BCUT2D eigenvalue weighted by molar-refractivity contribution is 5.87. The zero-order valence-electron chi connectivity index (χ0n) is 10.1. The van der Waals surface area contributed by atoms with Crippen molar-refractivity contribution in [3.05, 3.63) is 23.8 Å². The molecule has 2 heterocycles. The van der Waals surface area contributed by atoms with E-state index in [1.165, 1.54) is 0 Å². The van der Waals surface area contributed by atoms with Crippen LogP contribution in [-0.2, 0) is 9.53 Å². The van der Waals surface area contributed by atoms with Crippen LogP contribution in [0.15, 0.2) is 23.8 Å². The van der Waals surface area contributed by atoms with Crippen LogP contribution in [0.1, 0.15) is 26.7 Å². The van der Waals surface area contributed by atoms with E-state index in [-0.39, 0.29) is 12.1 Å². The molecular weight excluding hydrogens is 202 g/mol. The Labute approximate surface area is 96.8 Å². The molecule has 3 heteroatoms. The van der Waals surface area contributed by atoms with Crippen LogP contribution >= 0.6 is 0 Å². The van der Waals surface area contributed by atoms with Crippen LogP contribution < -0.4 is 0 Å².